The fourth-order valence-corrected chi connectivity index (χ4v) is 5.40. The topological polar surface area (TPSA) is 59.1 Å². The molecule has 1 atom stereocenters. The maximum Gasteiger partial charge on any atom is 0.339 e. The van der Waals surface area contributed by atoms with Crippen molar-refractivity contribution >= 4 is 11.9 Å². The number of hydrogen-bond donors (Lipinski definition) is 0. The minimum Gasteiger partial charge on any atom is -0.497 e. The molecule has 6 nitrogen and oxygen atoms in total. The van der Waals surface area contributed by atoms with Gasteiger partial charge in [-0.3, -0.25) is 9.69 Å². The van der Waals surface area contributed by atoms with Crippen LogP contribution in [0.4, 0.5) is 0 Å². The van der Waals surface area contributed by atoms with Crippen molar-refractivity contribution in [2.75, 3.05) is 33.8 Å². The second-order valence-electron chi connectivity index (χ2n) is 9.21. The molecule has 2 fully saturated rings. The molecule has 1 saturated carbocycles. The van der Waals surface area contributed by atoms with Gasteiger partial charge in [0.15, 0.2) is 0 Å². The second kappa shape index (κ2) is 8.58. The first-order valence-electron chi connectivity index (χ1n) is 11.3. The Morgan fingerprint density at radius 2 is 2.03 bits per heavy atom. The van der Waals surface area contributed by atoms with E-state index in [9.17, 15) is 9.59 Å². The number of fused-ring (bicyclic) bond motifs is 2. The number of likely N-dealkylation sites (tertiary alicyclic amines) is 1. The summed E-state index contributed by atoms with van der Waals surface area (Å²) in [7, 11) is 3.52. The molecule has 2 aliphatic heterocycles. The van der Waals surface area contributed by atoms with E-state index >= 15 is 0 Å². The van der Waals surface area contributed by atoms with Crippen LogP contribution in [0.1, 0.15) is 67.8 Å². The van der Waals surface area contributed by atoms with Crippen LogP contribution in [-0.4, -0.2) is 61.5 Å². The summed E-state index contributed by atoms with van der Waals surface area (Å²) in [5.74, 6) is 0.631. The lowest BCUT2D eigenvalue weighted by atomic mass is 9.74. The monoisotopic (exact) mass is 414 g/mol. The lowest BCUT2D eigenvalue weighted by molar-refractivity contribution is -0.137. The van der Waals surface area contributed by atoms with Gasteiger partial charge in [-0.2, -0.15) is 0 Å². The molecule has 0 aromatic heterocycles. The maximum atomic E-state index is 13.0. The molecule has 3 aliphatic rings. The molecule has 6 heteroatoms. The van der Waals surface area contributed by atoms with Crippen molar-refractivity contribution < 1.29 is 19.1 Å². The third-order valence-electron chi connectivity index (χ3n) is 7.41. The van der Waals surface area contributed by atoms with E-state index in [1.165, 1.54) is 19.3 Å². The Kier molecular flexibility index (Phi) is 6.05. The van der Waals surface area contributed by atoms with E-state index < -0.39 is 5.60 Å². The van der Waals surface area contributed by atoms with Gasteiger partial charge >= 0.3 is 5.97 Å². The highest BCUT2D eigenvalue weighted by Crippen LogP contribution is 2.49. The van der Waals surface area contributed by atoms with E-state index in [1.807, 2.05) is 24.1 Å². The molecule has 164 valence electrons. The van der Waals surface area contributed by atoms with E-state index in [0.29, 0.717) is 30.2 Å². The molecular weight excluding hydrogens is 380 g/mol. The fraction of sp³-hybridized carbons (Fsp3) is 0.667. The molecule has 1 aromatic rings. The first kappa shape index (κ1) is 21.2. The van der Waals surface area contributed by atoms with E-state index in [2.05, 4.69) is 11.8 Å². The van der Waals surface area contributed by atoms with Gasteiger partial charge in [0.05, 0.1) is 12.7 Å². The van der Waals surface area contributed by atoms with E-state index in [0.717, 1.165) is 38.0 Å². The van der Waals surface area contributed by atoms with Crippen molar-refractivity contribution in [2.45, 2.75) is 63.5 Å². The highest BCUT2D eigenvalue weighted by molar-refractivity contribution is 5.95. The maximum absolute atomic E-state index is 13.0. The Bertz CT molecular complexity index is 800. The molecule has 1 aliphatic carbocycles. The van der Waals surface area contributed by atoms with Gasteiger partial charge in [-0.25, -0.2) is 4.79 Å². The van der Waals surface area contributed by atoms with Crippen LogP contribution >= 0.6 is 0 Å². The summed E-state index contributed by atoms with van der Waals surface area (Å²) in [4.78, 5) is 29.9. The number of carbonyl (C=O) groups is 2. The zero-order chi connectivity index (χ0) is 21.3. The van der Waals surface area contributed by atoms with Gasteiger partial charge in [0.1, 0.15) is 11.4 Å². The van der Waals surface area contributed by atoms with E-state index in [4.69, 9.17) is 9.47 Å². The van der Waals surface area contributed by atoms with Gasteiger partial charge in [-0.1, -0.05) is 12.5 Å². The van der Waals surface area contributed by atoms with Crippen LogP contribution in [0.3, 0.4) is 0 Å². The predicted octanol–water partition coefficient (Wildman–Crippen LogP) is 3.58. The van der Waals surface area contributed by atoms with E-state index in [1.54, 1.807) is 13.2 Å². The predicted molar refractivity (Wildman–Crippen MR) is 115 cm³/mol. The third kappa shape index (κ3) is 3.94. The molecule has 1 spiro atoms. The highest BCUT2D eigenvalue weighted by Gasteiger charge is 2.48. The summed E-state index contributed by atoms with van der Waals surface area (Å²) in [5, 5.41) is 0. The average molecular weight is 415 g/mol. The molecule has 1 aromatic carbocycles. The zero-order valence-electron chi connectivity index (χ0n) is 18.5. The molecule has 0 radical (unpaired) electrons. The smallest absolute Gasteiger partial charge is 0.339 e. The van der Waals surface area contributed by atoms with Crippen LogP contribution in [0.15, 0.2) is 18.2 Å². The summed E-state index contributed by atoms with van der Waals surface area (Å²) in [5.41, 5.74) is 0.982. The number of rotatable bonds is 5. The Hall–Kier alpha value is -2.08. The second-order valence-corrected chi connectivity index (χ2v) is 9.21. The van der Waals surface area contributed by atoms with Crippen LogP contribution in [0.5, 0.6) is 5.75 Å². The number of piperidine rings is 1. The first-order chi connectivity index (χ1) is 14.4. The fourth-order valence-electron chi connectivity index (χ4n) is 5.40. The van der Waals surface area contributed by atoms with Crippen LogP contribution in [-0.2, 0) is 15.1 Å². The summed E-state index contributed by atoms with van der Waals surface area (Å²) >= 11 is 0. The number of hydrogen-bond acceptors (Lipinski definition) is 5. The molecule has 1 saturated heterocycles. The third-order valence-corrected chi connectivity index (χ3v) is 7.41. The number of carbonyl (C=O) groups excluding carboxylic acids is 2. The molecule has 1 unspecified atom stereocenters. The Morgan fingerprint density at radius 1 is 1.27 bits per heavy atom. The molecule has 0 bridgehead atoms. The summed E-state index contributed by atoms with van der Waals surface area (Å²) in [6.45, 7) is 5.16. The molecule has 2 heterocycles. The van der Waals surface area contributed by atoms with Gasteiger partial charge in [0.25, 0.3) is 0 Å². The first-order valence-corrected chi connectivity index (χ1v) is 11.3. The summed E-state index contributed by atoms with van der Waals surface area (Å²) in [6, 6.07) is 6.22. The minimum atomic E-state index is -0.572. The van der Waals surface area contributed by atoms with Crippen molar-refractivity contribution in [3.05, 3.63) is 29.3 Å². The lowest BCUT2D eigenvalue weighted by Crippen LogP contribution is -2.45. The summed E-state index contributed by atoms with van der Waals surface area (Å²) < 4.78 is 11.1. The van der Waals surface area contributed by atoms with Crippen molar-refractivity contribution in [3.8, 4) is 5.75 Å². The number of amides is 1. The van der Waals surface area contributed by atoms with Gasteiger partial charge < -0.3 is 14.4 Å². The van der Waals surface area contributed by atoms with Crippen LogP contribution in [0.25, 0.3) is 0 Å². The number of nitrogens with zero attached hydrogens (tertiary/aromatic N) is 2. The van der Waals surface area contributed by atoms with Crippen LogP contribution in [0, 0.1) is 5.92 Å². The number of ether oxygens (including phenoxy) is 2. The Labute approximate surface area is 179 Å². The number of methoxy groups -OCH3 is 1. The van der Waals surface area contributed by atoms with Crippen molar-refractivity contribution in [1.29, 1.82) is 0 Å². The van der Waals surface area contributed by atoms with Gasteiger partial charge in [0.2, 0.25) is 5.91 Å². The van der Waals surface area contributed by atoms with Gasteiger partial charge in [-0.15, -0.1) is 0 Å². The molecule has 1 amide bonds. The summed E-state index contributed by atoms with van der Waals surface area (Å²) in [6.07, 6.45) is 6.74. The van der Waals surface area contributed by atoms with Crippen molar-refractivity contribution in [1.82, 2.24) is 9.80 Å². The Morgan fingerprint density at radius 3 is 2.73 bits per heavy atom. The molecular formula is C24H34N2O4. The molecule has 4 rings (SSSR count). The number of likely N-dealkylation sites (N-methyl/N-ethyl adjacent to an activating group) is 1. The van der Waals surface area contributed by atoms with Gasteiger partial charge in [0, 0.05) is 37.7 Å². The van der Waals surface area contributed by atoms with Crippen LogP contribution < -0.4 is 4.74 Å². The number of benzene rings is 1. The highest BCUT2D eigenvalue weighted by atomic mass is 16.6. The van der Waals surface area contributed by atoms with Gasteiger partial charge in [-0.05, 0) is 64.1 Å². The normalized spacial score (nSPS) is 28.8. The van der Waals surface area contributed by atoms with Crippen molar-refractivity contribution in [2.24, 2.45) is 5.92 Å². The van der Waals surface area contributed by atoms with E-state index in [-0.39, 0.29) is 17.8 Å². The average Bonchev–Trinajstić information content (AvgIpc) is 3.03. The quantitative estimate of drug-likeness (QED) is 0.689. The van der Waals surface area contributed by atoms with Crippen LogP contribution in [0.2, 0.25) is 0 Å². The molecule has 0 N–H and O–H groups in total. The molecule has 30 heavy (non-hydrogen) atoms. The lowest BCUT2D eigenvalue weighted by Gasteiger charge is -2.38. The SMILES string of the molecule is COc1ccc2c(c1)C(=O)OC21CCC(C(=O)N(C)CCN2CCCCC2C)CC1. The Balaban J connectivity index is 1.34. The number of esters is 1. The van der Waals surface area contributed by atoms with Crippen molar-refractivity contribution in [3.63, 3.8) is 0 Å². The largest absolute Gasteiger partial charge is 0.497 e. The zero-order valence-corrected chi connectivity index (χ0v) is 18.5. The standard InChI is InChI=1S/C24H34N2O4/c1-17-6-4-5-13-26(17)15-14-25(2)22(27)18-9-11-24(12-10-18)21-8-7-19(29-3)16-20(21)23(28)30-24/h7-8,16-18H,4-6,9-15H2,1-3H3. The minimum absolute atomic E-state index is 0.0143.